The summed E-state index contributed by atoms with van der Waals surface area (Å²) in [7, 11) is 0. The van der Waals surface area contributed by atoms with Crippen LogP contribution in [0.15, 0.2) is 23.3 Å². The molecule has 0 aromatic carbocycles. The van der Waals surface area contributed by atoms with Crippen LogP contribution >= 0.6 is 0 Å². The summed E-state index contributed by atoms with van der Waals surface area (Å²) in [6.45, 7) is 8.11. The summed E-state index contributed by atoms with van der Waals surface area (Å²) in [4.78, 5) is 10.3. The van der Waals surface area contributed by atoms with Gasteiger partial charge in [-0.05, 0) is 46.0 Å². The molecule has 2 nitrogen and oxygen atoms in total. The monoisotopic (exact) mass is 209 g/mol. The molecule has 0 bridgehead atoms. The molecule has 0 fully saturated rings. The Hall–Kier alpha value is -1.05. The second kappa shape index (κ2) is 7.27. The number of allylic oxidation sites excluding steroid dienone is 4. The molecule has 0 aliphatic carbocycles. The predicted molar refractivity (Wildman–Crippen MR) is 61.2 cm³/mol. The summed E-state index contributed by atoms with van der Waals surface area (Å²) in [5, 5.41) is 10.3. The van der Waals surface area contributed by atoms with Gasteiger partial charge in [-0.2, -0.15) is 0 Å². The minimum Gasteiger partial charge on any atom is -0.550 e. The Kier molecular flexibility index (Phi) is 6.76. The van der Waals surface area contributed by atoms with Crippen molar-refractivity contribution >= 4 is 5.97 Å². The standard InChI is InChI=1S/C13H22O2/c1-10(2)6-5-7-11(3)8-12(4)9-13(14)15/h6,8,12H,5,7,9H2,1-4H3,(H,14,15)/p-1/b11-8+. The molecule has 0 aromatic rings. The van der Waals surface area contributed by atoms with Crippen molar-refractivity contribution in [2.45, 2.75) is 47.0 Å². The average Bonchev–Trinajstić information content (AvgIpc) is 2.00. The van der Waals surface area contributed by atoms with Crippen molar-refractivity contribution in [1.29, 1.82) is 0 Å². The van der Waals surface area contributed by atoms with E-state index in [1.165, 1.54) is 11.1 Å². The van der Waals surface area contributed by atoms with Gasteiger partial charge in [0.15, 0.2) is 0 Å². The lowest BCUT2D eigenvalue weighted by molar-refractivity contribution is -0.306. The number of carboxylic acid groups (broad SMARTS) is 1. The van der Waals surface area contributed by atoms with Crippen molar-refractivity contribution in [2.75, 3.05) is 0 Å². The van der Waals surface area contributed by atoms with Gasteiger partial charge in [-0.3, -0.25) is 0 Å². The third kappa shape index (κ3) is 9.26. The Morgan fingerprint density at radius 2 is 1.93 bits per heavy atom. The summed E-state index contributed by atoms with van der Waals surface area (Å²) in [6.07, 6.45) is 6.36. The highest BCUT2D eigenvalue weighted by molar-refractivity contribution is 5.64. The summed E-state index contributed by atoms with van der Waals surface area (Å²) >= 11 is 0. The van der Waals surface area contributed by atoms with E-state index < -0.39 is 5.97 Å². The molecule has 0 saturated heterocycles. The molecule has 2 heteroatoms. The highest BCUT2D eigenvalue weighted by Gasteiger charge is 1.99. The van der Waals surface area contributed by atoms with Crippen LogP contribution in [0.5, 0.6) is 0 Å². The maximum Gasteiger partial charge on any atom is 0.0420 e. The molecule has 0 amide bonds. The van der Waals surface area contributed by atoms with Gasteiger partial charge in [-0.1, -0.05) is 30.2 Å². The van der Waals surface area contributed by atoms with E-state index in [4.69, 9.17) is 0 Å². The van der Waals surface area contributed by atoms with Gasteiger partial charge >= 0.3 is 0 Å². The van der Waals surface area contributed by atoms with Gasteiger partial charge in [0.2, 0.25) is 0 Å². The molecule has 0 radical (unpaired) electrons. The summed E-state index contributed by atoms with van der Waals surface area (Å²) in [5.41, 5.74) is 2.58. The van der Waals surface area contributed by atoms with Crippen molar-refractivity contribution in [3.05, 3.63) is 23.3 Å². The Balaban J connectivity index is 3.97. The first-order chi connectivity index (χ1) is 6.91. The van der Waals surface area contributed by atoms with Crippen LogP contribution in [0, 0.1) is 5.92 Å². The first kappa shape index (κ1) is 13.9. The van der Waals surface area contributed by atoms with Crippen LogP contribution < -0.4 is 5.11 Å². The minimum absolute atomic E-state index is 0.0710. The predicted octanol–water partition coefficient (Wildman–Crippen LogP) is 2.46. The molecule has 1 unspecified atom stereocenters. The molecule has 86 valence electrons. The molecule has 0 aliphatic rings. The van der Waals surface area contributed by atoms with Gasteiger partial charge in [0.1, 0.15) is 0 Å². The van der Waals surface area contributed by atoms with Crippen molar-refractivity contribution in [3.63, 3.8) is 0 Å². The van der Waals surface area contributed by atoms with Crippen molar-refractivity contribution in [1.82, 2.24) is 0 Å². The van der Waals surface area contributed by atoms with E-state index in [0.717, 1.165) is 12.8 Å². The summed E-state index contributed by atoms with van der Waals surface area (Å²) < 4.78 is 0. The highest BCUT2D eigenvalue weighted by Crippen LogP contribution is 2.12. The molecular formula is C13H21O2-. The molecule has 0 rings (SSSR count). The molecule has 0 N–H and O–H groups in total. The van der Waals surface area contributed by atoms with Crippen LogP contribution in [-0.2, 0) is 4.79 Å². The normalized spacial score (nSPS) is 13.5. The summed E-state index contributed by atoms with van der Waals surface area (Å²) in [5.74, 6) is -0.905. The fraction of sp³-hybridized carbons (Fsp3) is 0.615. The van der Waals surface area contributed by atoms with Crippen molar-refractivity contribution in [3.8, 4) is 0 Å². The fourth-order valence-corrected chi connectivity index (χ4v) is 1.48. The zero-order valence-electron chi connectivity index (χ0n) is 10.2. The SMILES string of the molecule is CC(C)=CCC/C(C)=C/C(C)CC(=O)[O-]. The second-order valence-corrected chi connectivity index (χ2v) is 4.39. The molecule has 0 aliphatic heterocycles. The number of hydrogen-bond acceptors (Lipinski definition) is 2. The van der Waals surface area contributed by atoms with Crippen molar-refractivity contribution in [2.24, 2.45) is 5.92 Å². The van der Waals surface area contributed by atoms with Gasteiger partial charge in [0.25, 0.3) is 0 Å². The number of rotatable bonds is 6. The molecule has 0 saturated carbocycles. The number of carbonyl (C=O) groups is 1. The first-order valence-electron chi connectivity index (χ1n) is 5.42. The lowest BCUT2D eigenvalue weighted by Crippen LogP contribution is -2.23. The van der Waals surface area contributed by atoms with E-state index in [2.05, 4.69) is 19.9 Å². The quantitative estimate of drug-likeness (QED) is 0.630. The minimum atomic E-state index is -0.976. The van der Waals surface area contributed by atoms with Crippen molar-refractivity contribution < 1.29 is 9.90 Å². The molecule has 0 heterocycles. The first-order valence-corrected chi connectivity index (χ1v) is 5.42. The molecule has 1 atom stereocenters. The molecule has 15 heavy (non-hydrogen) atoms. The summed E-state index contributed by atoms with van der Waals surface area (Å²) in [6, 6.07) is 0. The topological polar surface area (TPSA) is 40.1 Å². The third-order valence-electron chi connectivity index (χ3n) is 2.15. The Morgan fingerprint density at radius 3 is 2.40 bits per heavy atom. The lowest BCUT2D eigenvalue weighted by atomic mass is 10.0. The van der Waals surface area contributed by atoms with Gasteiger partial charge in [-0.15, -0.1) is 0 Å². The number of carboxylic acids is 1. The maximum atomic E-state index is 10.3. The average molecular weight is 209 g/mol. The molecule has 0 aromatic heterocycles. The van der Waals surface area contributed by atoms with E-state index in [-0.39, 0.29) is 12.3 Å². The van der Waals surface area contributed by atoms with E-state index >= 15 is 0 Å². The van der Waals surface area contributed by atoms with Crippen LogP contribution in [0.1, 0.15) is 47.0 Å². The van der Waals surface area contributed by atoms with Crippen LogP contribution in [0.2, 0.25) is 0 Å². The number of hydrogen-bond donors (Lipinski definition) is 0. The fourth-order valence-electron chi connectivity index (χ4n) is 1.48. The van der Waals surface area contributed by atoms with Crippen LogP contribution in [-0.4, -0.2) is 5.97 Å². The molecular weight excluding hydrogens is 188 g/mol. The second-order valence-electron chi connectivity index (χ2n) is 4.39. The zero-order valence-corrected chi connectivity index (χ0v) is 10.2. The van der Waals surface area contributed by atoms with Gasteiger partial charge in [-0.25, -0.2) is 0 Å². The van der Waals surface area contributed by atoms with E-state index in [1.54, 1.807) is 0 Å². The maximum absolute atomic E-state index is 10.3. The smallest absolute Gasteiger partial charge is 0.0420 e. The Morgan fingerprint density at radius 1 is 1.33 bits per heavy atom. The Labute approximate surface area is 92.7 Å². The van der Waals surface area contributed by atoms with Crippen LogP contribution in [0.4, 0.5) is 0 Å². The zero-order chi connectivity index (χ0) is 11.8. The third-order valence-corrected chi connectivity index (χ3v) is 2.15. The van der Waals surface area contributed by atoms with Gasteiger partial charge in [0.05, 0.1) is 0 Å². The lowest BCUT2D eigenvalue weighted by Gasteiger charge is -2.08. The highest BCUT2D eigenvalue weighted by atomic mass is 16.4. The Bertz CT molecular complexity index is 258. The van der Waals surface area contributed by atoms with E-state index in [1.807, 2.05) is 19.9 Å². The molecule has 0 spiro atoms. The van der Waals surface area contributed by atoms with Crippen LogP contribution in [0.25, 0.3) is 0 Å². The van der Waals surface area contributed by atoms with E-state index in [9.17, 15) is 9.90 Å². The number of aliphatic carboxylic acids is 1. The van der Waals surface area contributed by atoms with Gasteiger partial charge < -0.3 is 9.90 Å². The number of carbonyl (C=O) groups excluding carboxylic acids is 1. The van der Waals surface area contributed by atoms with Crippen LogP contribution in [0.3, 0.4) is 0 Å². The largest absolute Gasteiger partial charge is 0.550 e. The van der Waals surface area contributed by atoms with E-state index in [0.29, 0.717) is 0 Å². The van der Waals surface area contributed by atoms with Gasteiger partial charge in [0, 0.05) is 5.97 Å².